The Bertz CT molecular complexity index is 1290. The number of methoxy groups -OCH3 is 2. The van der Waals surface area contributed by atoms with Crippen LogP contribution in [-0.2, 0) is 10.1 Å². The van der Waals surface area contributed by atoms with Crippen molar-refractivity contribution in [1.82, 2.24) is 0 Å². The minimum absolute atomic E-state index is 0. The minimum Gasteiger partial charge on any atom is -0.744 e. The topological polar surface area (TPSA) is 145 Å². The molecular weight excluding hydrogens is 459 g/mol. The van der Waals surface area contributed by atoms with Gasteiger partial charge < -0.3 is 19.1 Å². The number of ether oxygens (including phenoxy) is 2. The molecule has 3 aromatic carbocycles. The first-order valence-corrected chi connectivity index (χ1v) is 10.6. The molecule has 0 aromatic heterocycles. The molecule has 0 saturated carbocycles. The third kappa shape index (κ3) is 6.83. The molecule has 1 N–H and O–H groups in total. The first kappa shape index (κ1) is 26.4. The smallest absolute Gasteiger partial charge is 0.744 e. The summed E-state index contributed by atoms with van der Waals surface area (Å²) in [6.45, 7) is 1.78. The molecule has 166 valence electrons. The van der Waals surface area contributed by atoms with Gasteiger partial charge in [-0.3, -0.25) is 0 Å². The summed E-state index contributed by atoms with van der Waals surface area (Å²) in [5.41, 5.74) is 2.21. The number of rotatable bonds is 7. The van der Waals surface area contributed by atoms with Crippen LogP contribution in [0.5, 0.6) is 17.2 Å². The summed E-state index contributed by atoms with van der Waals surface area (Å²) in [4.78, 5) is -0.438. The maximum absolute atomic E-state index is 11.3. The second-order valence-corrected chi connectivity index (χ2v) is 7.89. The van der Waals surface area contributed by atoms with E-state index in [0.717, 1.165) is 12.1 Å². The quantitative estimate of drug-likeness (QED) is 0.314. The Morgan fingerprint density at radius 2 is 1.36 bits per heavy atom. The molecule has 0 unspecified atom stereocenters. The molecular formula is C21H19N4NaO6S. The summed E-state index contributed by atoms with van der Waals surface area (Å²) in [7, 11) is -1.79. The van der Waals surface area contributed by atoms with E-state index in [1.807, 2.05) is 0 Å². The second kappa shape index (κ2) is 11.3. The predicted molar refractivity (Wildman–Crippen MR) is 115 cm³/mol. The normalized spacial score (nSPS) is 11.5. The Morgan fingerprint density at radius 3 is 1.97 bits per heavy atom. The van der Waals surface area contributed by atoms with Crippen LogP contribution in [0.15, 0.2) is 79.9 Å². The fraction of sp³-hybridized carbons (Fsp3) is 0.143. The Morgan fingerprint density at radius 1 is 0.788 bits per heavy atom. The molecule has 0 aliphatic heterocycles. The van der Waals surface area contributed by atoms with Gasteiger partial charge in [0, 0.05) is 6.07 Å². The first-order chi connectivity index (χ1) is 15.2. The predicted octanol–water partition coefficient (Wildman–Crippen LogP) is 2.46. The van der Waals surface area contributed by atoms with Gasteiger partial charge in [-0.05, 0) is 61.0 Å². The number of hydrogen-bond donors (Lipinski definition) is 1. The van der Waals surface area contributed by atoms with E-state index in [9.17, 15) is 18.1 Å². The van der Waals surface area contributed by atoms with Gasteiger partial charge in [-0.25, -0.2) is 8.42 Å². The maximum atomic E-state index is 11.3. The molecule has 0 radical (unpaired) electrons. The summed E-state index contributed by atoms with van der Waals surface area (Å²) in [5, 5.41) is 25.9. The molecule has 3 rings (SSSR count). The molecule has 0 atom stereocenters. The van der Waals surface area contributed by atoms with Crippen molar-refractivity contribution in [2.75, 3.05) is 14.2 Å². The van der Waals surface area contributed by atoms with Crippen LogP contribution < -0.4 is 39.0 Å². The number of hydrogen-bond acceptors (Lipinski definition) is 10. The molecule has 0 heterocycles. The largest absolute Gasteiger partial charge is 1.00 e. The van der Waals surface area contributed by atoms with Crippen molar-refractivity contribution in [3.8, 4) is 17.2 Å². The summed E-state index contributed by atoms with van der Waals surface area (Å²) < 4.78 is 44.4. The van der Waals surface area contributed by atoms with Crippen LogP contribution in [0.4, 0.5) is 22.7 Å². The third-order valence-corrected chi connectivity index (χ3v) is 5.16. The van der Waals surface area contributed by atoms with Crippen molar-refractivity contribution in [2.24, 2.45) is 20.5 Å². The average molecular weight is 478 g/mol. The number of nitrogens with zero attached hydrogens (tertiary/aromatic N) is 4. The molecule has 0 fully saturated rings. The van der Waals surface area contributed by atoms with Crippen LogP contribution in [0.3, 0.4) is 0 Å². The molecule has 33 heavy (non-hydrogen) atoms. The number of aromatic hydroxyl groups is 1. The van der Waals surface area contributed by atoms with Gasteiger partial charge in [-0.15, -0.1) is 10.2 Å². The monoisotopic (exact) mass is 478 g/mol. The van der Waals surface area contributed by atoms with E-state index < -0.39 is 15.0 Å². The van der Waals surface area contributed by atoms with Gasteiger partial charge in [0.15, 0.2) is 0 Å². The van der Waals surface area contributed by atoms with Crippen LogP contribution in [0.1, 0.15) is 5.56 Å². The van der Waals surface area contributed by atoms with Crippen molar-refractivity contribution >= 4 is 32.9 Å². The Balaban J connectivity index is 0.00000385. The van der Waals surface area contributed by atoms with Crippen LogP contribution in [0, 0.1) is 6.92 Å². The molecule has 0 spiro atoms. The zero-order chi connectivity index (χ0) is 23.3. The Kier molecular flexibility index (Phi) is 9.08. The second-order valence-electron chi connectivity index (χ2n) is 6.51. The number of phenols is 1. The van der Waals surface area contributed by atoms with Gasteiger partial charge in [-0.1, -0.05) is 0 Å². The molecule has 10 nitrogen and oxygen atoms in total. The third-order valence-electron chi connectivity index (χ3n) is 4.32. The van der Waals surface area contributed by atoms with Gasteiger partial charge in [0.1, 0.15) is 38.7 Å². The van der Waals surface area contributed by atoms with Crippen molar-refractivity contribution < 1.29 is 57.1 Å². The van der Waals surface area contributed by atoms with E-state index in [1.165, 1.54) is 32.4 Å². The molecule has 0 aliphatic rings. The van der Waals surface area contributed by atoms with Crippen LogP contribution in [-0.4, -0.2) is 32.3 Å². The van der Waals surface area contributed by atoms with Crippen LogP contribution in [0.2, 0.25) is 0 Å². The minimum atomic E-state index is -4.65. The van der Waals surface area contributed by atoms with E-state index in [0.29, 0.717) is 28.4 Å². The van der Waals surface area contributed by atoms with Gasteiger partial charge in [0.05, 0.1) is 30.5 Å². The standard InChI is InChI=1S/C21H20N4O6S.Na/c1-13-10-18(24-22-14-4-6-15(26)7-5-14)21(31-3)12-17(13)23-25-19-11-16(32(27,28)29)8-9-20(19)30-2;/h4-12,26H,1-3H3,(H,27,28,29);/q;+1/p-1. The molecule has 0 aliphatic carbocycles. The number of phenolic OH excluding ortho intramolecular Hbond substituents is 1. The molecule has 0 amide bonds. The van der Waals surface area contributed by atoms with Crippen molar-refractivity contribution in [3.05, 3.63) is 60.2 Å². The van der Waals surface area contributed by atoms with Crippen molar-refractivity contribution in [1.29, 1.82) is 0 Å². The van der Waals surface area contributed by atoms with E-state index in [1.54, 1.807) is 31.2 Å². The summed E-state index contributed by atoms with van der Waals surface area (Å²) in [6, 6.07) is 13.1. The van der Waals surface area contributed by atoms with E-state index in [-0.39, 0.29) is 46.7 Å². The van der Waals surface area contributed by atoms with Crippen LogP contribution >= 0.6 is 0 Å². The number of aryl methyl sites for hydroxylation is 1. The number of azo groups is 2. The van der Waals surface area contributed by atoms with Gasteiger partial charge in [0.25, 0.3) is 0 Å². The van der Waals surface area contributed by atoms with Gasteiger partial charge in [-0.2, -0.15) is 10.2 Å². The van der Waals surface area contributed by atoms with E-state index >= 15 is 0 Å². The van der Waals surface area contributed by atoms with E-state index in [4.69, 9.17) is 9.47 Å². The zero-order valence-corrected chi connectivity index (χ0v) is 21.2. The summed E-state index contributed by atoms with van der Waals surface area (Å²) in [5.74, 6) is 0.766. The van der Waals surface area contributed by atoms with Gasteiger partial charge in [0.2, 0.25) is 0 Å². The average Bonchev–Trinajstić information content (AvgIpc) is 2.77. The molecule has 3 aromatic rings. The SMILES string of the molecule is COc1cc(N=Nc2cc(S(=O)(=O)[O-])ccc2OC)c(C)cc1N=Nc1ccc(O)cc1.[Na+]. The van der Waals surface area contributed by atoms with E-state index in [2.05, 4.69) is 20.5 Å². The van der Waals surface area contributed by atoms with Crippen LogP contribution in [0.25, 0.3) is 0 Å². The van der Waals surface area contributed by atoms with Crippen molar-refractivity contribution in [2.45, 2.75) is 11.8 Å². The Hall–Kier alpha value is -2.83. The Labute approximate surface area is 213 Å². The fourth-order valence-electron chi connectivity index (χ4n) is 2.65. The molecule has 0 saturated heterocycles. The summed E-state index contributed by atoms with van der Waals surface area (Å²) >= 11 is 0. The fourth-order valence-corrected chi connectivity index (χ4v) is 3.14. The zero-order valence-electron chi connectivity index (χ0n) is 18.4. The molecule has 0 bridgehead atoms. The van der Waals surface area contributed by atoms with Crippen molar-refractivity contribution in [3.63, 3.8) is 0 Å². The maximum Gasteiger partial charge on any atom is 1.00 e. The molecule has 12 heteroatoms. The van der Waals surface area contributed by atoms with Gasteiger partial charge >= 0.3 is 29.6 Å². The first-order valence-electron chi connectivity index (χ1n) is 9.16. The summed E-state index contributed by atoms with van der Waals surface area (Å²) in [6.07, 6.45) is 0. The number of benzene rings is 3.